The van der Waals surface area contributed by atoms with Gasteiger partial charge >= 0.3 is 6.18 Å². The van der Waals surface area contributed by atoms with Crippen molar-refractivity contribution in [2.75, 3.05) is 11.9 Å². The van der Waals surface area contributed by atoms with E-state index in [4.69, 9.17) is 5.11 Å². The average Bonchev–Trinajstić information content (AvgIpc) is 2.44. The van der Waals surface area contributed by atoms with E-state index in [1.807, 2.05) is 0 Å². The van der Waals surface area contributed by atoms with Gasteiger partial charge in [-0.15, -0.1) is 0 Å². The van der Waals surface area contributed by atoms with Gasteiger partial charge in [0.1, 0.15) is 11.9 Å². The van der Waals surface area contributed by atoms with Crippen LogP contribution in [0.3, 0.4) is 0 Å². The molecule has 23 heavy (non-hydrogen) atoms. The Balaban J connectivity index is 2.20. The van der Waals surface area contributed by atoms with Gasteiger partial charge < -0.3 is 20.6 Å². The Bertz CT molecular complexity index is 557. The van der Waals surface area contributed by atoms with Crippen molar-refractivity contribution in [3.8, 4) is 0 Å². The predicted octanol–water partition coefficient (Wildman–Crippen LogP) is 0.645. The lowest BCUT2D eigenvalue weighted by atomic mass is 9.78. The van der Waals surface area contributed by atoms with Crippen molar-refractivity contribution >= 4 is 5.82 Å². The molecular weight excluding hydrogens is 329 g/mol. The second-order valence-corrected chi connectivity index (χ2v) is 5.27. The highest BCUT2D eigenvalue weighted by molar-refractivity contribution is 5.35. The second kappa shape index (κ2) is 6.13. The number of aliphatic hydroxyl groups excluding tert-OH is 3. The average molecular weight is 343 g/mol. The third-order valence-electron chi connectivity index (χ3n) is 3.66. The number of rotatable bonds is 3. The van der Waals surface area contributed by atoms with Crippen LogP contribution in [0.1, 0.15) is 12.1 Å². The van der Waals surface area contributed by atoms with Crippen molar-refractivity contribution in [3.63, 3.8) is 0 Å². The third-order valence-corrected chi connectivity index (χ3v) is 3.66. The molecule has 4 atom stereocenters. The van der Waals surface area contributed by atoms with Gasteiger partial charge in [0.2, 0.25) is 0 Å². The van der Waals surface area contributed by atoms with Gasteiger partial charge in [0, 0.05) is 6.42 Å². The summed E-state index contributed by atoms with van der Waals surface area (Å²) in [5.74, 6) is -5.84. The van der Waals surface area contributed by atoms with Crippen molar-refractivity contribution in [2.24, 2.45) is 5.92 Å². The molecule has 6 nitrogen and oxygen atoms in total. The molecule has 0 aliphatic heterocycles. The lowest BCUT2D eigenvalue weighted by Gasteiger charge is -2.42. The Morgan fingerprint density at radius 3 is 2.43 bits per heavy atom. The maximum atomic E-state index is 13.8. The van der Waals surface area contributed by atoms with Gasteiger partial charge in [-0.1, -0.05) is 0 Å². The van der Waals surface area contributed by atoms with Gasteiger partial charge in [-0.05, 0) is 0 Å². The van der Waals surface area contributed by atoms with Crippen LogP contribution in [0.25, 0.3) is 0 Å². The SMILES string of the molecule is OC[C@@H]1[C@H](O)[C@H](O)[C@@H](Nc2cncc(C(F)(F)F)n2)CC1(F)F. The van der Waals surface area contributed by atoms with Gasteiger partial charge in [0.25, 0.3) is 5.92 Å². The largest absolute Gasteiger partial charge is 0.434 e. The summed E-state index contributed by atoms with van der Waals surface area (Å²) in [5, 5.41) is 30.6. The predicted molar refractivity (Wildman–Crippen MR) is 66.6 cm³/mol. The summed E-state index contributed by atoms with van der Waals surface area (Å²) in [5.41, 5.74) is -1.33. The number of aromatic nitrogens is 2. The van der Waals surface area contributed by atoms with Gasteiger partial charge in [0.15, 0.2) is 5.69 Å². The highest BCUT2D eigenvalue weighted by Crippen LogP contribution is 2.39. The number of anilines is 1. The summed E-state index contributed by atoms with van der Waals surface area (Å²) in [6.45, 7) is -1.04. The molecule has 0 bridgehead atoms. The van der Waals surface area contributed by atoms with Crippen LogP contribution in [0, 0.1) is 5.92 Å². The standard InChI is InChI=1S/C12H14F5N3O3/c13-11(14)1-6(10(23)9(22)5(11)4-21)19-8-3-18-2-7(20-8)12(15,16)17/h2-3,5-6,9-10,21-23H,1,4H2,(H,19,20)/t5-,6+,9+,10-/m1/s1. The first-order chi connectivity index (χ1) is 10.6. The summed E-state index contributed by atoms with van der Waals surface area (Å²) in [6.07, 6.45) is -8.07. The number of nitrogens with zero attached hydrogens (tertiary/aromatic N) is 2. The number of aliphatic hydroxyl groups is 3. The topological polar surface area (TPSA) is 98.5 Å². The van der Waals surface area contributed by atoms with E-state index in [0.717, 1.165) is 6.20 Å². The molecule has 1 saturated carbocycles. The van der Waals surface area contributed by atoms with E-state index in [2.05, 4.69) is 15.3 Å². The normalized spacial score (nSPS) is 31.0. The van der Waals surface area contributed by atoms with Crippen LogP contribution < -0.4 is 5.32 Å². The lowest BCUT2D eigenvalue weighted by molar-refractivity contribution is -0.186. The first kappa shape index (κ1) is 17.8. The first-order valence-corrected chi connectivity index (χ1v) is 6.57. The molecule has 130 valence electrons. The molecule has 1 aromatic heterocycles. The molecule has 0 radical (unpaired) electrons. The fraction of sp³-hybridized carbons (Fsp3) is 0.667. The Kier molecular flexibility index (Phi) is 4.74. The molecule has 0 amide bonds. The Hall–Kier alpha value is -1.59. The minimum atomic E-state index is -4.76. The first-order valence-electron chi connectivity index (χ1n) is 6.57. The molecule has 11 heteroatoms. The number of hydrogen-bond donors (Lipinski definition) is 4. The number of hydrogen-bond acceptors (Lipinski definition) is 6. The van der Waals surface area contributed by atoms with Crippen LogP contribution in [0.4, 0.5) is 27.8 Å². The maximum Gasteiger partial charge on any atom is 0.434 e. The van der Waals surface area contributed by atoms with Crippen LogP contribution >= 0.6 is 0 Å². The fourth-order valence-electron chi connectivity index (χ4n) is 2.43. The van der Waals surface area contributed by atoms with E-state index in [1.54, 1.807) is 0 Å². The molecule has 0 aromatic carbocycles. The molecule has 1 aromatic rings. The summed E-state index contributed by atoms with van der Waals surface area (Å²) in [6, 6.07) is -1.46. The second-order valence-electron chi connectivity index (χ2n) is 5.27. The molecule has 4 N–H and O–H groups in total. The summed E-state index contributed by atoms with van der Waals surface area (Å²) >= 11 is 0. The summed E-state index contributed by atoms with van der Waals surface area (Å²) in [4.78, 5) is 6.51. The Labute approximate surface area is 127 Å². The van der Waals surface area contributed by atoms with E-state index < -0.39 is 60.8 Å². The zero-order chi connectivity index (χ0) is 17.4. The maximum absolute atomic E-state index is 13.8. The molecule has 0 unspecified atom stereocenters. The fourth-order valence-corrected chi connectivity index (χ4v) is 2.43. The highest BCUT2D eigenvalue weighted by atomic mass is 19.4. The van der Waals surface area contributed by atoms with Gasteiger partial charge in [-0.3, -0.25) is 4.98 Å². The summed E-state index contributed by atoms with van der Waals surface area (Å²) < 4.78 is 65.3. The van der Waals surface area contributed by atoms with E-state index in [1.165, 1.54) is 0 Å². The van der Waals surface area contributed by atoms with Gasteiger partial charge in [0.05, 0.1) is 37.1 Å². The van der Waals surface area contributed by atoms with Crippen molar-refractivity contribution in [1.29, 1.82) is 0 Å². The monoisotopic (exact) mass is 343 g/mol. The molecular formula is C12H14F5N3O3. The molecule has 2 rings (SSSR count). The van der Waals surface area contributed by atoms with E-state index in [-0.39, 0.29) is 0 Å². The van der Waals surface area contributed by atoms with Crippen molar-refractivity contribution in [1.82, 2.24) is 9.97 Å². The van der Waals surface area contributed by atoms with Crippen molar-refractivity contribution < 1.29 is 37.3 Å². The molecule has 1 fully saturated rings. The van der Waals surface area contributed by atoms with Crippen molar-refractivity contribution in [2.45, 2.75) is 36.8 Å². The van der Waals surface area contributed by atoms with Crippen LogP contribution in [-0.2, 0) is 6.18 Å². The molecule has 1 aliphatic carbocycles. The van der Waals surface area contributed by atoms with Crippen molar-refractivity contribution in [3.05, 3.63) is 18.1 Å². The van der Waals surface area contributed by atoms with Crippen LogP contribution in [0.15, 0.2) is 12.4 Å². The smallest absolute Gasteiger partial charge is 0.396 e. The Morgan fingerprint density at radius 2 is 1.87 bits per heavy atom. The van der Waals surface area contributed by atoms with Crippen LogP contribution in [0.2, 0.25) is 0 Å². The molecule has 1 aliphatic rings. The van der Waals surface area contributed by atoms with Gasteiger partial charge in [-0.2, -0.15) is 13.2 Å². The van der Waals surface area contributed by atoms with Crippen LogP contribution in [-0.4, -0.2) is 56.1 Å². The minimum absolute atomic E-state index is 0.464. The molecule has 0 spiro atoms. The zero-order valence-electron chi connectivity index (χ0n) is 11.5. The Morgan fingerprint density at radius 1 is 1.22 bits per heavy atom. The number of halogens is 5. The lowest BCUT2D eigenvalue weighted by Crippen LogP contribution is -2.59. The third kappa shape index (κ3) is 3.67. The van der Waals surface area contributed by atoms with Crippen LogP contribution in [0.5, 0.6) is 0 Å². The van der Waals surface area contributed by atoms with E-state index in [9.17, 15) is 32.2 Å². The highest BCUT2D eigenvalue weighted by Gasteiger charge is 2.54. The molecule has 0 saturated heterocycles. The van der Waals surface area contributed by atoms with Gasteiger partial charge in [-0.25, -0.2) is 13.8 Å². The number of alkyl halides is 5. The van der Waals surface area contributed by atoms with E-state index >= 15 is 0 Å². The zero-order valence-corrected chi connectivity index (χ0v) is 11.5. The minimum Gasteiger partial charge on any atom is -0.396 e. The van der Waals surface area contributed by atoms with E-state index in [0.29, 0.717) is 6.20 Å². The molecule has 1 heterocycles. The summed E-state index contributed by atoms with van der Waals surface area (Å²) in [7, 11) is 0. The number of nitrogens with one attached hydrogen (secondary N) is 1. The quantitative estimate of drug-likeness (QED) is 0.602.